The second kappa shape index (κ2) is 5.00. The van der Waals surface area contributed by atoms with E-state index in [9.17, 15) is 8.42 Å². The van der Waals surface area contributed by atoms with Crippen LogP contribution >= 0.6 is 0 Å². The van der Waals surface area contributed by atoms with Crippen LogP contribution in [0.2, 0.25) is 0 Å². The summed E-state index contributed by atoms with van der Waals surface area (Å²) in [6, 6.07) is 0. The Kier molecular flexibility index (Phi) is 4.34. The van der Waals surface area contributed by atoms with Gasteiger partial charge >= 0.3 is 0 Å². The van der Waals surface area contributed by atoms with Gasteiger partial charge in [-0.3, -0.25) is 0 Å². The average molecular weight is 250 g/mol. The van der Waals surface area contributed by atoms with Crippen molar-refractivity contribution < 1.29 is 13.2 Å². The van der Waals surface area contributed by atoms with Gasteiger partial charge in [0.1, 0.15) is 0 Å². The first kappa shape index (κ1) is 13.9. The molecule has 5 nitrogen and oxygen atoms in total. The lowest BCUT2D eigenvalue weighted by molar-refractivity contribution is -0.0833. The molecular weight excluding hydrogens is 228 g/mol. The van der Waals surface area contributed by atoms with Crippen LogP contribution in [0.15, 0.2) is 0 Å². The molecule has 0 aromatic heterocycles. The van der Waals surface area contributed by atoms with Gasteiger partial charge in [-0.05, 0) is 24.2 Å². The minimum atomic E-state index is -3.60. The van der Waals surface area contributed by atoms with E-state index in [1.165, 1.54) is 0 Å². The highest BCUT2D eigenvalue weighted by atomic mass is 32.2. The molecule has 1 aliphatic rings. The molecule has 0 aliphatic carbocycles. The molecule has 2 unspecified atom stereocenters. The van der Waals surface area contributed by atoms with Gasteiger partial charge in [0, 0.05) is 13.2 Å². The van der Waals surface area contributed by atoms with E-state index in [0.717, 1.165) is 19.4 Å². The Morgan fingerprint density at radius 3 is 2.56 bits per heavy atom. The Bertz CT molecular complexity index is 321. The lowest BCUT2D eigenvalue weighted by Crippen LogP contribution is -2.46. The van der Waals surface area contributed by atoms with Crippen LogP contribution in [0.1, 0.15) is 33.6 Å². The summed E-state index contributed by atoms with van der Waals surface area (Å²) < 4.78 is 29.8. The molecule has 3 N–H and O–H groups in total. The molecule has 6 heteroatoms. The number of ether oxygens (including phenoxy) is 1. The van der Waals surface area contributed by atoms with E-state index < -0.39 is 10.2 Å². The number of nitrogens with one attached hydrogen (secondary N) is 1. The molecule has 16 heavy (non-hydrogen) atoms. The summed E-state index contributed by atoms with van der Waals surface area (Å²) in [7, 11) is -3.60. The van der Waals surface area contributed by atoms with Crippen LogP contribution in [0, 0.1) is 11.3 Å². The molecule has 0 saturated carbocycles. The summed E-state index contributed by atoms with van der Waals surface area (Å²) >= 11 is 0. The van der Waals surface area contributed by atoms with E-state index in [1.54, 1.807) is 0 Å². The van der Waals surface area contributed by atoms with Crippen LogP contribution in [0.5, 0.6) is 0 Å². The first-order chi connectivity index (χ1) is 7.20. The molecule has 0 spiro atoms. The summed E-state index contributed by atoms with van der Waals surface area (Å²) in [5.41, 5.74) is 0.0190. The van der Waals surface area contributed by atoms with Crippen molar-refractivity contribution >= 4 is 10.2 Å². The second-order valence-electron chi connectivity index (χ2n) is 5.45. The first-order valence-corrected chi connectivity index (χ1v) is 7.14. The average Bonchev–Trinajstić information content (AvgIpc) is 2.12. The fraction of sp³-hybridized carbons (Fsp3) is 1.00. The summed E-state index contributed by atoms with van der Waals surface area (Å²) in [6.07, 6.45) is 2.03. The largest absolute Gasteiger partial charge is 0.377 e. The van der Waals surface area contributed by atoms with Crippen LogP contribution in [0.3, 0.4) is 0 Å². The fourth-order valence-corrected chi connectivity index (χ4v) is 2.68. The molecule has 96 valence electrons. The third kappa shape index (κ3) is 4.37. The van der Waals surface area contributed by atoms with Gasteiger partial charge in [0.2, 0.25) is 0 Å². The van der Waals surface area contributed by atoms with Crippen molar-refractivity contribution in [2.45, 2.75) is 39.7 Å². The van der Waals surface area contributed by atoms with E-state index in [1.807, 2.05) is 0 Å². The summed E-state index contributed by atoms with van der Waals surface area (Å²) in [5, 5.41) is 4.93. The molecule has 2 atom stereocenters. The Labute approximate surface area is 97.9 Å². The van der Waals surface area contributed by atoms with Gasteiger partial charge in [0.05, 0.1) is 6.10 Å². The highest BCUT2D eigenvalue weighted by Crippen LogP contribution is 2.33. The van der Waals surface area contributed by atoms with Gasteiger partial charge in [-0.1, -0.05) is 20.8 Å². The van der Waals surface area contributed by atoms with Gasteiger partial charge in [-0.25, -0.2) is 9.86 Å². The zero-order valence-corrected chi connectivity index (χ0v) is 11.0. The van der Waals surface area contributed by atoms with Crippen molar-refractivity contribution in [3.05, 3.63) is 0 Å². The van der Waals surface area contributed by atoms with Crippen LogP contribution < -0.4 is 9.86 Å². The van der Waals surface area contributed by atoms with Gasteiger partial charge in [-0.15, -0.1) is 0 Å². The lowest BCUT2D eigenvalue weighted by atomic mass is 9.78. The molecule has 0 aromatic rings. The SMILES string of the molecule is CC(C)(C)C1OCCCC1CNS(N)(=O)=O. The van der Waals surface area contributed by atoms with E-state index in [4.69, 9.17) is 9.88 Å². The summed E-state index contributed by atoms with van der Waals surface area (Å²) in [6.45, 7) is 7.43. The molecule has 1 aliphatic heterocycles. The number of hydrogen-bond donors (Lipinski definition) is 2. The minimum Gasteiger partial charge on any atom is -0.377 e. The Balaban J connectivity index is 2.61. The second-order valence-corrected chi connectivity index (χ2v) is 6.83. The molecule has 1 heterocycles. The van der Waals surface area contributed by atoms with Gasteiger partial charge in [0.25, 0.3) is 10.2 Å². The lowest BCUT2D eigenvalue weighted by Gasteiger charge is -2.40. The number of hydrogen-bond acceptors (Lipinski definition) is 3. The maximum absolute atomic E-state index is 10.9. The van der Waals surface area contributed by atoms with Crippen molar-refractivity contribution in [2.24, 2.45) is 16.5 Å². The van der Waals surface area contributed by atoms with Crippen molar-refractivity contribution in [2.75, 3.05) is 13.2 Å². The zero-order chi connectivity index (χ0) is 12.4. The van der Waals surface area contributed by atoms with Crippen molar-refractivity contribution in [1.29, 1.82) is 0 Å². The van der Waals surface area contributed by atoms with Crippen LogP contribution in [-0.2, 0) is 14.9 Å². The standard InChI is InChI=1S/C10H22N2O3S/c1-10(2,3)9-8(5-4-6-15-9)7-12-16(11,13)14/h8-9,12H,4-7H2,1-3H3,(H2,11,13,14). The van der Waals surface area contributed by atoms with E-state index in [2.05, 4.69) is 25.5 Å². The normalized spacial score (nSPS) is 28.0. The highest BCUT2D eigenvalue weighted by Gasteiger charge is 2.35. The predicted octanol–water partition coefficient (Wildman–Crippen LogP) is 0.621. The number of rotatable bonds is 3. The summed E-state index contributed by atoms with van der Waals surface area (Å²) in [4.78, 5) is 0. The quantitative estimate of drug-likeness (QED) is 0.770. The van der Waals surface area contributed by atoms with Crippen molar-refractivity contribution in [3.63, 3.8) is 0 Å². The van der Waals surface area contributed by atoms with E-state index in [0.29, 0.717) is 6.54 Å². The molecule has 0 bridgehead atoms. The minimum absolute atomic E-state index is 0.0190. The topological polar surface area (TPSA) is 81.4 Å². The zero-order valence-electron chi connectivity index (χ0n) is 10.2. The first-order valence-electron chi connectivity index (χ1n) is 5.59. The van der Waals surface area contributed by atoms with Gasteiger partial charge in [-0.2, -0.15) is 8.42 Å². The Morgan fingerprint density at radius 1 is 1.44 bits per heavy atom. The van der Waals surface area contributed by atoms with Gasteiger partial charge in [0.15, 0.2) is 0 Å². The maximum atomic E-state index is 10.9. The molecule has 1 rings (SSSR count). The molecule has 1 saturated heterocycles. The van der Waals surface area contributed by atoms with Crippen LogP contribution in [-0.4, -0.2) is 27.7 Å². The smallest absolute Gasteiger partial charge is 0.274 e. The fourth-order valence-electron chi connectivity index (χ4n) is 2.23. The van der Waals surface area contributed by atoms with Crippen molar-refractivity contribution in [3.8, 4) is 0 Å². The Morgan fingerprint density at radius 2 is 2.06 bits per heavy atom. The molecule has 1 fully saturated rings. The summed E-state index contributed by atoms with van der Waals surface area (Å²) in [5.74, 6) is 0.201. The molecule has 0 aromatic carbocycles. The van der Waals surface area contributed by atoms with E-state index in [-0.39, 0.29) is 17.4 Å². The third-order valence-corrected chi connectivity index (χ3v) is 3.41. The molecule has 0 radical (unpaired) electrons. The van der Waals surface area contributed by atoms with E-state index >= 15 is 0 Å². The van der Waals surface area contributed by atoms with Crippen molar-refractivity contribution in [1.82, 2.24) is 4.72 Å². The molecule has 0 amide bonds. The Hall–Kier alpha value is -0.170. The monoisotopic (exact) mass is 250 g/mol. The van der Waals surface area contributed by atoms with Crippen LogP contribution in [0.4, 0.5) is 0 Å². The third-order valence-electron chi connectivity index (χ3n) is 2.85. The van der Waals surface area contributed by atoms with Gasteiger partial charge < -0.3 is 4.74 Å². The molecular formula is C10H22N2O3S. The maximum Gasteiger partial charge on any atom is 0.274 e. The number of nitrogens with two attached hydrogens (primary N) is 1. The highest BCUT2D eigenvalue weighted by molar-refractivity contribution is 7.87. The predicted molar refractivity (Wildman–Crippen MR) is 63.0 cm³/mol. The van der Waals surface area contributed by atoms with Crippen LogP contribution in [0.25, 0.3) is 0 Å².